The summed E-state index contributed by atoms with van der Waals surface area (Å²) < 4.78 is 0. The molecule has 0 aromatic heterocycles. The summed E-state index contributed by atoms with van der Waals surface area (Å²) in [6, 6.07) is 0. The van der Waals surface area contributed by atoms with E-state index in [9.17, 15) is 0 Å². The molecule has 4 bridgehead atoms. The Labute approximate surface area is 72.5 Å². The molecule has 4 heteroatoms. The lowest BCUT2D eigenvalue weighted by Gasteiger charge is -2.62. The zero-order valence-electron chi connectivity index (χ0n) is 7.29. The van der Waals surface area contributed by atoms with Crippen LogP contribution in [0.1, 0.15) is 6.42 Å². The highest BCUT2D eigenvalue weighted by molar-refractivity contribution is 5.13. The van der Waals surface area contributed by atoms with Crippen LogP contribution in [-0.4, -0.2) is 53.7 Å². The molecule has 4 rings (SSSR count). The van der Waals surface area contributed by atoms with E-state index in [1.165, 1.54) is 0 Å². The third-order valence-corrected chi connectivity index (χ3v) is 3.26. The van der Waals surface area contributed by atoms with Crippen molar-refractivity contribution < 1.29 is 0 Å². The zero-order valence-corrected chi connectivity index (χ0v) is 7.29. The molecule has 4 N–H and O–H groups in total. The minimum Gasteiger partial charge on any atom is -0.323 e. The fraction of sp³-hybridized carbons (Fsp3) is 1.00. The third-order valence-electron chi connectivity index (χ3n) is 3.26. The third kappa shape index (κ3) is 0.864. The molecule has 12 heavy (non-hydrogen) atoms. The molecule has 0 amide bonds. The number of nitrogens with two attached hydrogens (primary N) is 2. The molecule has 4 aliphatic rings. The lowest BCUT2D eigenvalue weighted by molar-refractivity contribution is -0.0937. The topological polar surface area (TPSA) is 58.5 Å². The maximum absolute atomic E-state index is 6.24. The molecule has 4 fully saturated rings. The normalized spacial score (nSPS) is 62.5. The van der Waals surface area contributed by atoms with Gasteiger partial charge in [-0.05, 0) is 6.42 Å². The highest BCUT2D eigenvalue weighted by Crippen LogP contribution is 2.35. The summed E-state index contributed by atoms with van der Waals surface area (Å²) in [6.45, 7) is 5.26. The average Bonchev–Trinajstić information content (AvgIpc) is 1.75. The molecule has 0 atom stereocenters. The molecule has 0 spiro atoms. The first-order chi connectivity index (χ1) is 5.57. The molecule has 4 heterocycles. The molecule has 0 saturated carbocycles. The van der Waals surface area contributed by atoms with Crippen LogP contribution in [0.15, 0.2) is 0 Å². The van der Waals surface area contributed by atoms with Gasteiger partial charge >= 0.3 is 0 Å². The Balaban J connectivity index is 1.98. The van der Waals surface area contributed by atoms with Crippen molar-refractivity contribution in [1.29, 1.82) is 0 Å². The molecule has 0 aromatic carbocycles. The second-order valence-electron chi connectivity index (χ2n) is 5.02. The van der Waals surface area contributed by atoms with Gasteiger partial charge in [-0.25, -0.2) is 0 Å². The molecule has 4 nitrogen and oxygen atoms in total. The fourth-order valence-corrected chi connectivity index (χ4v) is 3.40. The van der Waals surface area contributed by atoms with Gasteiger partial charge in [0.05, 0.1) is 6.67 Å². The summed E-state index contributed by atoms with van der Waals surface area (Å²) in [7, 11) is 0. The van der Waals surface area contributed by atoms with E-state index in [4.69, 9.17) is 11.5 Å². The van der Waals surface area contributed by atoms with Gasteiger partial charge in [0.15, 0.2) is 0 Å². The summed E-state index contributed by atoms with van der Waals surface area (Å²) in [4.78, 5) is 4.77. The van der Waals surface area contributed by atoms with Crippen molar-refractivity contribution in [3.63, 3.8) is 0 Å². The van der Waals surface area contributed by atoms with Gasteiger partial charge in [-0.15, -0.1) is 0 Å². The van der Waals surface area contributed by atoms with Crippen molar-refractivity contribution in [3.8, 4) is 0 Å². The van der Waals surface area contributed by atoms with Crippen LogP contribution in [0.25, 0.3) is 0 Å². The van der Waals surface area contributed by atoms with Crippen molar-refractivity contribution in [1.82, 2.24) is 9.80 Å². The van der Waals surface area contributed by atoms with Gasteiger partial charge in [0, 0.05) is 37.3 Å². The SMILES string of the molecule is NC12CN3CN(C1)CC(N)(C3)C2. The Kier molecular flexibility index (Phi) is 1.12. The fourth-order valence-electron chi connectivity index (χ4n) is 3.40. The molecule has 0 radical (unpaired) electrons. The first-order valence-electron chi connectivity index (χ1n) is 4.60. The van der Waals surface area contributed by atoms with Gasteiger partial charge in [-0.2, -0.15) is 0 Å². The Morgan fingerprint density at radius 3 is 1.58 bits per heavy atom. The summed E-state index contributed by atoms with van der Waals surface area (Å²) in [6.07, 6.45) is 1.01. The standard InChI is InChI=1S/C8H16N4/c9-7-1-8(10)4-11(2-7)6-12(3-7)5-8/h1-6,9-10H2. The van der Waals surface area contributed by atoms with Crippen LogP contribution in [-0.2, 0) is 0 Å². The summed E-state index contributed by atoms with van der Waals surface area (Å²) in [5, 5.41) is 0. The highest BCUT2D eigenvalue weighted by Gasteiger charge is 2.53. The summed E-state index contributed by atoms with van der Waals surface area (Å²) in [5.74, 6) is 0. The molecule has 0 unspecified atom stereocenters. The molecule has 4 saturated heterocycles. The van der Waals surface area contributed by atoms with Gasteiger partial charge in [0.1, 0.15) is 0 Å². The van der Waals surface area contributed by atoms with Crippen molar-refractivity contribution in [2.24, 2.45) is 11.5 Å². The zero-order chi connectivity index (χ0) is 8.40. The molecular weight excluding hydrogens is 152 g/mol. The lowest BCUT2D eigenvalue weighted by Crippen LogP contribution is -2.81. The summed E-state index contributed by atoms with van der Waals surface area (Å²) in [5.41, 5.74) is 12.5. The van der Waals surface area contributed by atoms with Crippen LogP contribution in [0.5, 0.6) is 0 Å². The average molecular weight is 168 g/mol. The van der Waals surface area contributed by atoms with Gasteiger partial charge < -0.3 is 11.5 Å². The van der Waals surface area contributed by atoms with E-state index >= 15 is 0 Å². The van der Waals surface area contributed by atoms with E-state index in [0.717, 1.165) is 39.3 Å². The molecule has 4 aliphatic heterocycles. The number of hydrogen-bond acceptors (Lipinski definition) is 4. The van der Waals surface area contributed by atoms with Crippen molar-refractivity contribution in [3.05, 3.63) is 0 Å². The van der Waals surface area contributed by atoms with E-state index in [1.807, 2.05) is 0 Å². The molecular formula is C8H16N4. The second-order valence-corrected chi connectivity index (χ2v) is 5.02. The Bertz CT molecular complexity index is 193. The summed E-state index contributed by atoms with van der Waals surface area (Å²) >= 11 is 0. The first kappa shape index (κ1) is 7.26. The predicted octanol–water partition coefficient (Wildman–Crippen LogP) is -1.63. The van der Waals surface area contributed by atoms with Gasteiger partial charge in [0.2, 0.25) is 0 Å². The number of nitrogens with zero attached hydrogens (tertiary/aromatic N) is 2. The Morgan fingerprint density at radius 2 is 1.25 bits per heavy atom. The van der Waals surface area contributed by atoms with Gasteiger partial charge in [-0.1, -0.05) is 0 Å². The maximum atomic E-state index is 6.24. The largest absolute Gasteiger partial charge is 0.323 e. The van der Waals surface area contributed by atoms with E-state index in [0.29, 0.717) is 0 Å². The van der Waals surface area contributed by atoms with Gasteiger partial charge in [-0.3, -0.25) is 9.80 Å². The van der Waals surface area contributed by atoms with Crippen LogP contribution in [0.4, 0.5) is 0 Å². The molecule has 0 aromatic rings. The second kappa shape index (κ2) is 1.85. The number of piperidine rings is 2. The van der Waals surface area contributed by atoms with Crippen molar-refractivity contribution >= 4 is 0 Å². The molecule has 0 aliphatic carbocycles. The number of hydrogen-bond donors (Lipinski definition) is 2. The minimum absolute atomic E-state index is 0.0104. The van der Waals surface area contributed by atoms with Crippen LogP contribution in [0.2, 0.25) is 0 Å². The monoisotopic (exact) mass is 168 g/mol. The first-order valence-corrected chi connectivity index (χ1v) is 4.60. The van der Waals surface area contributed by atoms with Crippen LogP contribution < -0.4 is 11.5 Å². The predicted molar refractivity (Wildman–Crippen MR) is 46.5 cm³/mol. The van der Waals surface area contributed by atoms with Crippen LogP contribution >= 0.6 is 0 Å². The smallest absolute Gasteiger partial charge is 0.0509 e. The van der Waals surface area contributed by atoms with E-state index in [1.54, 1.807) is 0 Å². The van der Waals surface area contributed by atoms with Crippen LogP contribution in [0, 0.1) is 0 Å². The highest BCUT2D eigenvalue weighted by atomic mass is 15.4. The quantitative estimate of drug-likeness (QED) is 0.456. The van der Waals surface area contributed by atoms with Crippen molar-refractivity contribution in [2.45, 2.75) is 17.5 Å². The molecule has 68 valence electrons. The number of rotatable bonds is 0. The minimum atomic E-state index is -0.0104. The van der Waals surface area contributed by atoms with Crippen LogP contribution in [0.3, 0.4) is 0 Å². The Hall–Kier alpha value is -0.160. The van der Waals surface area contributed by atoms with Crippen molar-refractivity contribution in [2.75, 3.05) is 32.8 Å². The van der Waals surface area contributed by atoms with E-state index < -0.39 is 0 Å². The van der Waals surface area contributed by atoms with E-state index in [2.05, 4.69) is 9.80 Å². The lowest BCUT2D eigenvalue weighted by atomic mass is 9.73. The maximum Gasteiger partial charge on any atom is 0.0509 e. The Morgan fingerprint density at radius 1 is 0.833 bits per heavy atom. The van der Waals surface area contributed by atoms with E-state index in [-0.39, 0.29) is 11.1 Å². The van der Waals surface area contributed by atoms with Gasteiger partial charge in [0.25, 0.3) is 0 Å².